The first-order chi connectivity index (χ1) is 17.6. The number of nitrogens with zero attached hydrogens (tertiary/aromatic N) is 4. The molecule has 0 bridgehead atoms. The van der Waals surface area contributed by atoms with Crippen LogP contribution in [0.1, 0.15) is 27.0 Å². The Hall–Kier alpha value is -3.13. The van der Waals surface area contributed by atoms with E-state index in [4.69, 9.17) is 24.3 Å². The quantitative estimate of drug-likeness (QED) is 0.213. The smallest absolute Gasteiger partial charge is 0.459 e. The Morgan fingerprint density at radius 3 is 2.65 bits per heavy atom. The molecular weight excluding hydrogens is 507 g/mol. The van der Waals surface area contributed by atoms with Gasteiger partial charge in [0.1, 0.15) is 41.9 Å². The minimum Gasteiger partial charge on any atom is -0.465 e. The number of anilines is 1. The van der Waals surface area contributed by atoms with Crippen LogP contribution in [0, 0.1) is 0 Å². The third kappa shape index (κ3) is 5.74. The first-order valence-electron chi connectivity index (χ1n) is 11.6. The van der Waals surface area contributed by atoms with Gasteiger partial charge in [0.15, 0.2) is 17.7 Å². The molecule has 3 heterocycles. The maximum Gasteiger partial charge on any atom is 0.459 e. The van der Waals surface area contributed by atoms with Gasteiger partial charge in [-0.25, -0.2) is 19.5 Å². The van der Waals surface area contributed by atoms with E-state index in [1.54, 1.807) is 37.3 Å². The number of rotatable bonds is 10. The number of carbonyl (C=O) groups excluding carboxylic acids is 1. The van der Waals surface area contributed by atoms with E-state index in [1.165, 1.54) is 31.1 Å². The van der Waals surface area contributed by atoms with E-state index >= 15 is 0 Å². The Morgan fingerprint density at radius 1 is 1.22 bits per heavy atom. The number of nitrogens with two attached hydrogens (primary N) is 1. The topological polar surface area (TPSA) is 193 Å². The highest BCUT2D eigenvalue weighted by Crippen LogP contribution is 2.48. The second-order valence-corrected chi connectivity index (χ2v) is 10.0. The summed E-state index contributed by atoms with van der Waals surface area (Å²) in [6, 6.07) is 7.18. The number of benzene rings is 1. The van der Waals surface area contributed by atoms with Gasteiger partial charge in [0.05, 0.1) is 19.0 Å². The van der Waals surface area contributed by atoms with Gasteiger partial charge in [-0.2, -0.15) is 5.09 Å². The summed E-state index contributed by atoms with van der Waals surface area (Å²) >= 11 is 0. The highest BCUT2D eigenvalue weighted by atomic mass is 31.2. The third-order valence-corrected chi connectivity index (χ3v) is 7.43. The maximum absolute atomic E-state index is 13.8. The highest BCUT2D eigenvalue weighted by molar-refractivity contribution is 7.52. The number of esters is 1. The highest BCUT2D eigenvalue weighted by Gasteiger charge is 2.49. The molecule has 37 heavy (non-hydrogen) atoms. The van der Waals surface area contributed by atoms with Gasteiger partial charge in [0.2, 0.25) is 0 Å². The lowest BCUT2D eigenvalue weighted by atomic mass is 10.1. The number of fused-ring (bicyclic) bond motifs is 1. The number of nitrogen functional groups attached to an aromatic ring is 1. The van der Waals surface area contributed by atoms with Crippen LogP contribution in [0.15, 0.2) is 43.0 Å². The molecule has 1 fully saturated rings. The number of ether oxygens (including phenoxy) is 2. The number of hydrogen-bond donors (Lipinski definition) is 4. The molecule has 7 atom stereocenters. The van der Waals surface area contributed by atoms with Gasteiger partial charge < -0.3 is 29.9 Å². The minimum absolute atomic E-state index is 0.132. The normalized spacial score (nSPS) is 24.9. The van der Waals surface area contributed by atoms with Crippen LogP contribution in [0.3, 0.4) is 0 Å². The van der Waals surface area contributed by atoms with Crippen LogP contribution in [-0.2, 0) is 23.4 Å². The Morgan fingerprint density at radius 2 is 1.95 bits per heavy atom. The van der Waals surface area contributed by atoms with Crippen LogP contribution in [0.25, 0.3) is 11.2 Å². The number of aromatic nitrogens is 4. The summed E-state index contributed by atoms with van der Waals surface area (Å²) in [4.78, 5) is 24.3. The zero-order valence-electron chi connectivity index (χ0n) is 20.4. The van der Waals surface area contributed by atoms with Gasteiger partial charge in [0.25, 0.3) is 0 Å². The Labute approximate surface area is 212 Å². The average molecular weight is 536 g/mol. The average Bonchev–Trinajstić information content (AvgIpc) is 3.41. The molecule has 2 aromatic heterocycles. The van der Waals surface area contributed by atoms with E-state index < -0.39 is 50.4 Å². The molecule has 1 aromatic carbocycles. The molecule has 15 heteroatoms. The Bertz CT molecular complexity index is 1280. The van der Waals surface area contributed by atoms with Crippen molar-refractivity contribution in [2.45, 2.75) is 57.5 Å². The van der Waals surface area contributed by atoms with Gasteiger partial charge >= 0.3 is 13.7 Å². The fraction of sp³-hybridized carbons (Fsp3) is 0.455. The van der Waals surface area contributed by atoms with Crippen LogP contribution in [0.5, 0.6) is 5.75 Å². The molecule has 0 amide bonds. The number of aliphatic hydroxyl groups excluding tert-OH is 2. The number of aliphatic hydroxyl groups is 2. The van der Waals surface area contributed by atoms with Crippen molar-refractivity contribution in [3.8, 4) is 5.75 Å². The van der Waals surface area contributed by atoms with Crippen molar-refractivity contribution in [3.63, 3.8) is 0 Å². The van der Waals surface area contributed by atoms with Gasteiger partial charge in [-0.05, 0) is 32.9 Å². The molecule has 3 unspecified atom stereocenters. The van der Waals surface area contributed by atoms with Crippen molar-refractivity contribution >= 4 is 30.7 Å². The molecule has 14 nitrogen and oxygen atoms in total. The molecule has 1 saturated heterocycles. The monoisotopic (exact) mass is 536 g/mol. The summed E-state index contributed by atoms with van der Waals surface area (Å²) in [6.07, 6.45) is -3.59. The number of imidazole rings is 1. The predicted molar refractivity (Wildman–Crippen MR) is 130 cm³/mol. The van der Waals surface area contributed by atoms with E-state index in [2.05, 4.69) is 20.0 Å². The Balaban J connectivity index is 1.55. The summed E-state index contributed by atoms with van der Waals surface area (Å²) in [5, 5.41) is 24.1. The van der Waals surface area contributed by atoms with E-state index in [0.29, 0.717) is 11.2 Å². The van der Waals surface area contributed by atoms with E-state index in [9.17, 15) is 19.6 Å². The molecule has 0 radical (unpaired) electrons. The number of carbonyl (C=O) groups is 1. The molecule has 0 saturated carbocycles. The van der Waals surface area contributed by atoms with Crippen LogP contribution in [-0.4, -0.2) is 72.8 Å². The zero-order chi connectivity index (χ0) is 26.7. The maximum atomic E-state index is 13.8. The van der Waals surface area contributed by atoms with Crippen molar-refractivity contribution in [2.24, 2.45) is 0 Å². The molecule has 1 aliphatic heterocycles. The third-order valence-electron chi connectivity index (χ3n) is 5.66. The molecular formula is C22H29N6O8P. The lowest BCUT2D eigenvalue weighted by molar-refractivity contribution is -0.144. The predicted octanol–water partition coefficient (Wildman–Crippen LogP) is 1.16. The fourth-order valence-electron chi connectivity index (χ4n) is 3.89. The van der Waals surface area contributed by atoms with Crippen molar-refractivity contribution in [1.82, 2.24) is 24.6 Å². The van der Waals surface area contributed by atoms with Crippen molar-refractivity contribution in [3.05, 3.63) is 43.0 Å². The van der Waals surface area contributed by atoms with Crippen LogP contribution < -0.4 is 15.3 Å². The molecule has 0 aliphatic carbocycles. The lowest BCUT2D eigenvalue weighted by Gasteiger charge is -2.28. The zero-order valence-corrected chi connectivity index (χ0v) is 21.3. The SMILES string of the molecule is CCOC(=O)C(C)NP(=O)(Oc1ccccc1)OC(C)[C@H]1O[C@@H](n2cnc3c(N)ncnc32)[C@H](O)[C@@H]1O. The molecule has 4 rings (SSSR count). The number of hydrogen-bond acceptors (Lipinski definition) is 12. The van der Waals surface area contributed by atoms with Gasteiger partial charge in [-0.3, -0.25) is 13.9 Å². The molecule has 5 N–H and O–H groups in total. The first-order valence-corrected chi connectivity index (χ1v) is 13.1. The second kappa shape index (κ2) is 11.1. The van der Waals surface area contributed by atoms with Crippen LogP contribution in [0.2, 0.25) is 0 Å². The Kier molecular flexibility index (Phi) is 8.07. The van der Waals surface area contributed by atoms with E-state index in [1.807, 2.05) is 0 Å². The van der Waals surface area contributed by atoms with Gasteiger partial charge in [-0.15, -0.1) is 0 Å². The molecule has 1 aliphatic rings. The minimum atomic E-state index is -4.24. The largest absolute Gasteiger partial charge is 0.465 e. The van der Waals surface area contributed by atoms with Crippen molar-refractivity contribution < 1.29 is 38.1 Å². The van der Waals surface area contributed by atoms with Gasteiger partial charge in [0, 0.05) is 0 Å². The lowest BCUT2D eigenvalue weighted by Crippen LogP contribution is -2.41. The van der Waals surface area contributed by atoms with Gasteiger partial charge in [-0.1, -0.05) is 18.2 Å². The number of para-hydroxylation sites is 1. The summed E-state index contributed by atoms with van der Waals surface area (Å²) in [5.41, 5.74) is 6.43. The molecule has 0 spiro atoms. The fourth-order valence-corrected chi connectivity index (χ4v) is 5.59. The second-order valence-electron chi connectivity index (χ2n) is 8.37. The van der Waals surface area contributed by atoms with Crippen LogP contribution in [0.4, 0.5) is 5.82 Å². The summed E-state index contributed by atoms with van der Waals surface area (Å²) in [5.74, 6) is -0.295. The summed E-state index contributed by atoms with van der Waals surface area (Å²) in [7, 11) is -4.24. The molecule has 200 valence electrons. The first kappa shape index (κ1) is 26.9. The molecule has 3 aromatic rings. The van der Waals surface area contributed by atoms with Crippen molar-refractivity contribution in [2.75, 3.05) is 12.3 Å². The van der Waals surface area contributed by atoms with E-state index in [-0.39, 0.29) is 18.2 Å². The number of nitrogens with one attached hydrogen (secondary N) is 1. The van der Waals surface area contributed by atoms with E-state index in [0.717, 1.165) is 0 Å². The summed E-state index contributed by atoms with van der Waals surface area (Å²) in [6.45, 7) is 4.72. The standard InChI is InChI=1S/C22H29N6O8P/c1-4-33-22(31)12(2)27-37(32,36-14-8-6-5-7-9-14)35-13(3)18-16(29)17(30)21(34-18)28-11-26-15-19(23)24-10-25-20(15)28/h5-13,16-18,21,29-30H,4H2,1-3H3,(H,27,32)(H2,23,24,25)/t12?,13?,16-,17+,18+,21+,37?/m0/s1. The van der Waals surface area contributed by atoms with Crippen molar-refractivity contribution in [1.29, 1.82) is 0 Å². The van der Waals surface area contributed by atoms with Crippen LogP contribution >= 0.6 is 7.75 Å². The summed E-state index contributed by atoms with van der Waals surface area (Å²) < 4.78 is 37.5.